The summed E-state index contributed by atoms with van der Waals surface area (Å²) < 4.78 is 10.9. The molecular weight excluding hydrogens is 390 g/mol. The molecule has 5 heteroatoms. The first-order valence-electron chi connectivity index (χ1n) is 10.5. The quantitative estimate of drug-likeness (QED) is 0.722. The predicted octanol–water partition coefficient (Wildman–Crippen LogP) is 4.57. The molecule has 0 saturated carbocycles. The summed E-state index contributed by atoms with van der Waals surface area (Å²) >= 11 is 0. The Morgan fingerprint density at radius 1 is 1.10 bits per heavy atom. The van der Waals surface area contributed by atoms with Gasteiger partial charge in [0.2, 0.25) is 0 Å². The maximum atomic E-state index is 13.3. The standard InChI is InChI=1S/C26H27NO4/c1-16-6-4-7-19(14-16)24-23(17(2)27-21-8-5-9-22(28)25(21)24)26(29)31-15-18-10-12-20(30-3)13-11-18/h4,6-8,10-14,24-25,27H,5,9,15H2,1-3H3. The zero-order valence-corrected chi connectivity index (χ0v) is 18.1. The fraction of sp³-hybridized carbons (Fsp3) is 0.308. The van der Waals surface area contributed by atoms with Crippen LogP contribution in [-0.2, 0) is 20.9 Å². The summed E-state index contributed by atoms with van der Waals surface area (Å²) in [6.07, 6.45) is 3.30. The van der Waals surface area contributed by atoms with Crippen LogP contribution in [0.2, 0.25) is 0 Å². The number of esters is 1. The number of carbonyl (C=O) groups is 2. The van der Waals surface area contributed by atoms with E-state index in [0.29, 0.717) is 12.0 Å². The number of ketones is 1. The molecule has 2 aromatic rings. The van der Waals surface area contributed by atoms with Crippen molar-refractivity contribution < 1.29 is 19.1 Å². The van der Waals surface area contributed by atoms with E-state index in [1.54, 1.807) is 7.11 Å². The Kier molecular flexibility index (Phi) is 5.94. The molecule has 4 rings (SSSR count). The molecule has 1 aliphatic heterocycles. The van der Waals surface area contributed by atoms with Crippen molar-refractivity contribution in [3.05, 3.63) is 88.3 Å². The van der Waals surface area contributed by atoms with Crippen molar-refractivity contribution in [1.29, 1.82) is 0 Å². The highest BCUT2D eigenvalue weighted by Crippen LogP contribution is 2.44. The number of carbonyl (C=O) groups excluding carboxylic acids is 2. The summed E-state index contributed by atoms with van der Waals surface area (Å²) in [5, 5.41) is 3.31. The van der Waals surface area contributed by atoms with E-state index in [1.165, 1.54) is 0 Å². The van der Waals surface area contributed by atoms with Gasteiger partial charge in [0.05, 0.1) is 18.6 Å². The van der Waals surface area contributed by atoms with Gasteiger partial charge in [-0.05, 0) is 43.5 Å². The van der Waals surface area contributed by atoms with Gasteiger partial charge < -0.3 is 14.8 Å². The molecule has 0 fully saturated rings. The van der Waals surface area contributed by atoms with Crippen LogP contribution < -0.4 is 10.1 Å². The highest BCUT2D eigenvalue weighted by molar-refractivity contribution is 5.96. The summed E-state index contributed by atoms with van der Waals surface area (Å²) in [4.78, 5) is 26.2. The van der Waals surface area contributed by atoms with E-state index < -0.39 is 5.97 Å². The van der Waals surface area contributed by atoms with Crippen molar-refractivity contribution in [2.75, 3.05) is 7.11 Å². The lowest BCUT2D eigenvalue weighted by molar-refractivity contribution is -0.141. The molecule has 1 N–H and O–H groups in total. The highest BCUT2D eigenvalue weighted by Gasteiger charge is 2.43. The molecule has 0 spiro atoms. The molecule has 160 valence electrons. The molecule has 1 heterocycles. The second kappa shape index (κ2) is 8.80. The number of ether oxygens (including phenoxy) is 2. The third-order valence-corrected chi connectivity index (χ3v) is 5.97. The van der Waals surface area contributed by atoms with Gasteiger partial charge >= 0.3 is 5.97 Å². The van der Waals surface area contributed by atoms with Gasteiger partial charge in [0, 0.05) is 23.7 Å². The van der Waals surface area contributed by atoms with Crippen LogP contribution >= 0.6 is 0 Å². The van der Waals surface area contributed by atoms with Gasteiger partial charge in [-0.3, -0.25) is 4.79 Å². The zero-order valence-electron chi connectivity index (χ0n) is 18.1. The molecular formula is C26H27NO4. The van der Waals surface area contributed by atoms with Gasteiger partial charge in [0.15, 0.2) is 0 Å². The third kappa shape index (κ3) is 4.26. The normalized spacial score (nSPS) is 20.5. The summed E-state index contributed by atoms with van der Waals surface area (Å²) in [7, 11) is 1.61. The van der Waals surface area contributed by atoms with Crippen molar-refractivity contribution in [2.24, 2.45) is 5.92 Å². The maximum Gasteiger partial charge on any atom is 0.336 e. The van der Waals surface area contributed by atoms with Crippen LogP contribution in [0.25, 0.3) is 0 Å². The molecule has 2 aliphatic rings. The smallest absolute Gasteiger partial charge is 0.336 e. The Morgan fingerprint density at radius 2 is 1.87 bits per heavy atom. The number of Topliss-reactive ketones (excluding diaryl/α,β-unsaturated/α-hetero) is 1. The van der Waals surface area contributed by atoms with Crippen LogP contribution in [0.1, 0.15) is 42.4 Å². The van der Waals surface area contributed by atoms with Crippen molar-refractivity contribution in [3.63, 3.8) is 0 Å². The van der Waals surface area contributed by atoms with Gasteiger partial charge in [0.1, 0.15) is 18.1 Å². The largest absolute Gasteiger partial charge is 0.497 e. The lowest BCUT2D eigenvalue weighted by Crippen LogP contribution is -2.40. The minimum Gasteiger partial charge on any atom is -0.497 e. The fourth-order valence-corrected chi connectivity index (χ4v) is 4.45. The summed E-state index contributed by atoms with van der Waals surface area (Å²) in [6, 6.07) is 15.5. The first-order valence-corrected chi connectivity index (χ1v) is 10.5. The minimum absolute atomic E-state index is 0.154. The Bertz CT molecular complexity index is 1070. The lowest BCUT2D eigenvalue weighted by atomic mass is 9.71. The van der Waals surface area contributed by atoms with Crippen LogP contribution in [0.4, 0.5) is 0 Å². The average molecular weight is 418 g/mol. The molecule has 0 bridgehead atoms. The van der Waals surface area contributed by atoms with Crippen molar-refractivity contribution in [2.45, 2.75) is 39.2 Å². The molecule has 2 unspecified atom stereocenters. The van der Waals surface area contributed by atoms with E-state index in [0.717, 1.165) is 40.3 Å². The van der Waals surface area contributed by atoms with E-state index >= 15 is 0 Å². The molecule has 0 radical (unpaired) electrons. The zero-order chi connectivity index (χ0) is 22.0. The van der Waals surface area contributed by atoms with E-state index in [2.05, 4.69) is 17.5 Å². The second-order valence-electron chi connectivity index (χ2n) is 8.12. The van der Waals surface area contributed by atoms with Crippen LogP contribution in [0.3, 0.4) is 0 Å². The molecule has 5 nitrogen and oxygen atoms in total. The molecule has 0 saturated heterocycles. The van der Waals surface area contributed by atoms with E-state index in [-0.39, 0.29) is 24.2 Å². The van der Waals surface area contributed by atoms with Crippen LogP contribution in [-0.4, -0.2) is 18.9 Å². The Morgan fingerprint density at radius 3 is 2.58 bits per heavy atom. The number of nitrogens with one attached hydrogen (secondary N) is 1. The molecule has 0 amide bonds. The summed E-state index contributed by atoms with van der Waals surface area (Å²) in [5.74, 6) is -0.236. The number of hydrogen-bond acceptors (Lipinski definition) is 5. The number of fused-ring (bicyclic) bond motifs is 1. The van der Waals surface area contributed by atoms with Gasteiger partial charge in [-0.15, -0.1) is 0 Å². The minimum atomic E-state index is -0.398. The summed E-state index contributed by atoms with van der Waals surface area (Å²) in [5.41, 5.74) is 5.08. The van der Waals surface area contributed by atoms with Crippen LogP contribution in [0.15, 0.2) is 71.6 Å². The van der Waals surface area contributed by atoms with E-state index in [1.807, 2.05) is 56.3 Å². The Labute approximate surface area is 182 Å². The monoisotopic (exact) mass is 417 g/mol. The van der Waals surface area contributed by atoms with Gasteiger partial charge in [-0.2, -0.15) is 0 Å². The Balaban J connectivity index is 1.66. The molecule has 1 aliphatic carbocycles. The second-order valence-corrected chi connectivity index (χ2v) is 8.12. The van der Waals surface area contributed by atoms with E-state index in [4.69, 9.17) is 9.47 Å². The molecule has 31 heavy (non-hydrogen) atoms. The summed E-state index contributed by atoms with van der Waals surface area (Å²) in [6.45, 7) is 4.05. The number of allylic oxidation sites excluding steroid dienone is 3. The van der Waals surface area contributed by atoms with Gasteiger partial charge in [-0.1, -0.05) is 48.0 Å². The predicted molar refractivity (Wildman–Crippen MR) is 118 cm³/mol. The number of methoxy groups -OCH3 is 1. The molecule has 2 atom stereocenters. The van der Waals surface area contributed by atoms with E-state index in [9.17, 15) is 9.59 Å². The number of benzene rings is 2. The average Bonchev–Trinajstić information content (AvgIpc) is 2.77. The lowest BCUT2D eigenvalue weighted by Gasteiger charge is -2.38. The SMILES string of the molecule is COc1ccc(COC(=O)C2=C(C)NC3=CCCC(=O)C3C2c2cccc(C)c2)cc1. The third-order valence-electron chi connectivity index (χ3n) is 5.97. The molecule has 2 aromatic carbocycles. The van der Waals surface area contributed by atoms with Gasteiger partial charge in [0.25, 0.3) is 0 Å². The molecule has 0 aromatic heterocycles. The van der Waals surface area contributed by atoms with Crippen LogP contribution in [0, 0.1) is 12.8 Å². The first kappa shape index (κ1) is 20.9. The van der Waals surface area contributed by atoms with Crippen LogP contribution in [0.5, 0.6) is 5.75 Å². The number of aryl methyl sites for hydroxylation is 1. The van der Waals surface area contributed by atoms with Crippen molar-refractivity contribution >= 4 is 11.8 Å². The fourth-order valence-electron chi connectivity index (χ4n) is 4.45. The van der Waals surface area contributed by atoms with Gasteiger partial charge in [-0.25, -0.2) is 4.79 Å². The van der Waals surface area contributed by atoms with Crippen molar-refractivity contribution in [3.8, 4) is 5.75 Å². The Hall–Kier alpha value is -3.34. The topological polar surface area (TPSA) is 64.6 Å². The highest BCUT2D eigenvalue weighted by atomic mass is 16.5. The number of hydrogen-bond donors (Lipinski definition) is 1. The first-order chi connectivity index (χ1) is 15.0. The number of rotatable bonds is 5. The maximum absolute atomic E-state index is 13.3. The van der Waals surface area contributed by atoms with Crippen molar-refractivity contribution in [1.82, 2.24) is 5.32 Å².